The Morgan fingerprint density at radius 2 is 1.28 bits per heavy atom. The number of rotatable bonds is 1. The van der Waals surface area contributed by atoms with Crippen LogP contribution in [0.4, 0.5) is 0 Å². The predicted molar refractivity (Wildman–Crippen MR) is 69.9 cm³/mol. The van der Waals surface area contributed by atoms with Gasteiger partial charge in [0.25, 0.3) is 0 Å². The van der Waals surface area contributed by atoms with Crippen molar-refractivity contribution in [3.05, 3.63) is 55.0 Å². The van der Waals surface area contributed by atoms with E-state index in [0.717, 1.165) is 6.04 Å². The predicted octanol–water partition coefficient (Wildman–Crippen LogP) is 2.67. The molecule has 0 aromatic carbocycles. The minimum atomic E-state index is 0. The summed E-state index contributed by atoms with van der Waals surface area (Å²) in [5.41, 5.74) is 0. The maximum absolute atomic E-state index is 8.36. The van der Waals surface area contributed by atoms with Gasteiger partial charge < -0.3 is 5.11 Å². The Hall–Kier alpha value is 0.439. The van der Waals surface area contributed by atoms with Crippen molar-refractivity contribution >= 4 is 0 Å². The van der Waals surface area contributed by atoms with Gasteiger partial charge in [-0.1, -0.05) is 34.6 Å². The summed E-state index contributed by atoms with van der Waals surface area (Å²) in [7, 11) is 0. The van der Waals surface area contributed by atoms with E-state index in [1.54, 1.807) is 19.4 Å². The number of aliphatic hydroxyl groups is 1. The van der Waals surface area contributed by atoms with Gasteiger partial charge in [0.15, 0.2) is 0 Å². The molecule has 1 heterocycles. The maximum atomic E-state index is 8.36. The van der Waals surface area contributed by atoms with Gasteiger partial charge in [-0.05, 0) is 42.4 Å². The van der Waals surface area contributed by atoms with Crippen molar-refractivity contribution in [2.45, 2.75) is 34.6 Å². The summed E-state index contributed by atoms with van der Waals surface area (Å²) < 4.78 is 0. The van der Waals surface area contributed by atoms with Gasteiger partial charge in [0.05, 0.1) is 12.6 Å². The first-order chi connectivity index (χ1) is 7.99. The third kappa shape index (κ3) is 4.52. The van der Waals surface area contributed by atoms with Crippen molar-refractivity contribution in [2.75, 3.05) is 6.61 Å². The molecule has 2 nitrogen and oxygen atoms in total. The van der Waals surface area contributed by atoms with Crippen molar-refractivity contribution in [3.8, 4) is 0 Å². The molecule has 18 heavy (non-hydrogen) atoms. The van der Waals surface area contributed by atoms with Crippen LogP contribution in [0.5, 0.6) is 0 Å². The zero-order valence-electron chi connectivity index (χ0n) is 11.7. The molecule has 0 aromatic heterocycles. The molecule has 10 radical (unpaired) electrons. The Labute approximate surface area is 124 Å². The van der Waals surface area contributed by atoms with E-state index in [1.165, 1.54) is 29.6 Å². The summed E-state index contributed by atoms with van der Waals surface area (Å²) in [6, 6.07) is 0.736. The van der Waals surface area contributed by atoms with Crippen molar-refractivity contribution in [3.63, 3.8) is 0 Å². The minimum Gasteiger partial charge on any atom is -0.394 e. The van der Waals surface area contributed by atoms with Crippen molar-refractivity contribution in [1.29, 1.82) is 0 Å². The molecule has 1 N–H and O–H groups in total. The summed E-state index contributed by atoms with van der Waals surface area (Å²) >= 11 is 0. The van der Waals surface area contributed by atoms with Crippen LogP contribution >= 0.6 is 0 Å². The molecule has 2 fully saturated rings. The SMILES string of the molecule is C[C]1[C](C)[C](C)[C](C)[C]1C.OC[C]1[CH][CH][CH][N]1.[Fe+2]. The monoisotopic (exact) mass is 287 g/mol. The second-order valence-electron chi connectivity index (χ2n) is 4.41. The maximum Gasteiger partial charge on any atom is 2.00 e. The van der Waals surface area contributed by atoms with Crippen LogP contribution in [0.3, 0.4) is 0 Å². The molecular weight excluding hydrogens is 266 g/mol. The summed E-state index contributed by atoms with van der Waals surface area (Å²) in [5.74, 6) is 7.34. The molecule has 1 saturated heterocycles. The number of nitrogens with zero attached hydrogens (tertiary/aromatic N) is 1. The fraction of sp³-hybridized carbons (Fsp3) is 0.400. The Morgan fingerprint density at radius 1 is 0.889 bits per heavy atom. The van der Waals surface area contributed by atoms with Gasteiger partial charge in [0.2, 0.25) is 0 Å². The first-order valence-electron chi connectivity index (χ1n) is 5.86. The van der Waals surface area contributed by atoms with Crippen LogP contribution in [-0.2, 0) is 17.1 Å². The topological polar surface area (TPSA) is 34.3 Å². The van der Waals surface area contributed by atoms with E-state index >= 15 is 0 Å². The molecule has 0 atom stereocenters. The van der Waals surface area contributed by atoms with Gasteiger partial charge in [0, 0.05) is 6.54 Å². The number of hydrogen-bond acceptors (Lipinski definition) is 1. The van der Waals surface area contributed by atoms with E-state index < -0.39 is 0 Å². The summed E-state index contributed by atoms with van der Waals surface area (Å²) in [4.78, 5) is 0. The first kappa shape index (κ1) is 18.4. The quantitative estimate of drug-likeness (QED) is 0.739. The fourth-order valence-electron chi connectivity index (χ4n) is 1.84. The van der Waals surface area contributed by atoms with Crippen LogP contribution in [0.15, 0.2) is 0 Å². The zero-order valence-corrected chi connectivity index (χ0v) is 12.8. The van der Waals surface area contributed by atoms with Gasteiger partial charge in [-0.25, -0.2) is 5.32 Å². The van der Waals surface area contributed by atoms with E-state index in [0.29, 0.717) is 0 Å². The fourth-order valence-corrected chi connectivity index (χ4v) is 1.84. The standard InChI is InChI=1S/C10H15.C5H6NO.Fe/c1-6-7(2)9(4)10(5)8(6)3;7-4-5-2-1-3-6-5;/h1-5H3;1-3,7H,4H2;/q;;+2. The van der Waals surface area contributed by atoms with Crippen LogP contribution in [0.25, 0.3) is 0 Å². The molecule has 0 unspecified atom stereocenters. The van der Waals surface area contributed by atoms with Gasteiger partial charge >= 0.3 is 17.1 Å². The van der Waals surface area contributed by atoms with E-state index in [4.69, 9.17) is 5.11 Å². The molecule has 2 aliphatic rings. The van der Waals surface area contributed by atoms with E-state index in [2.05, 4.69) is 39.9 Å². The Balaban J connectivity index is 0.000000321. The summed E-state index contributed by atoms with van der Waals surface area (Å²) in [6.45, 7) is 12.7. The van der Waals surface area contributed by atoms with E-state index in [9.17, 15) is 0 Å². The van der Waals surface area contributed by atoms with Crippen LogP contribution in [0.1, 0.15) is 34.6 Å². The van der Waals surface area contributed by atoms with Gasteiger partial charge in [-0.2, -0.15) is 0 Å². The zero-order chi connectivity index (χ0) is 13.0. The van der Waals surface area contributed by atoms with Crippen molar-refractivity contribution in [2.24, 2.45) is 0 Å². The third-order valence-corrected chi connectivity index (χ3v) is 3.59. The largest absolute Gasteiger partial charge is 2.00 e. The summed E-state index contributed by atoms with van der Waals surface area (Å²) in [5, 5.41) is 12.1. The average molecular weight is 287 g/mol. The molecule has 0 aromatic rings. The second-order valence-corrected chi connectivity index (χ2v) is 4.41. The number of aliphatic hydroxyl groups excluding tert-OH is 1. The molecule has 2 rings (SSSR count). The second kappa shape index (κ2) is 8.58. The molecule has 1 aliphatic heterocycles. The molecular formula is C15H21FeNO+2. The Bertz CT molecular complexity index is 174. The first-order valence-corrected chi connectivity index (χ1v) is 5.86. The Kier molecular flexibility index (Phi) is 8.79. The van der Waals surface area contributed by atoms with Crippen LogP contribution in [0.2, 0.25) is 0 Å². The minimum absolute atomic E-state index is 0. The van der Waals surface area contributed by atoms with Crippen LogP contribution in [0, 0.1) is 55.0 Å². The number of hydrogen-bond donors (Lipinski definition) is 1. The van der Waals surface area contributed by atoms with Crippen LogP contribution in [-0.4, -0.2) is 11.7 Å². The van der Waals surface area contributed by atoms with Crippen molar-refractivity contribution in [1.82, 2.24) is 5.32 Å². The van der Waals surface area contributed by atoms with Crippen molar-refractivity contribution < 1.29 is 22.2 Å². The Morgan fingerprint density at radius 3 is 1.44 bits per heavy atom. The summed E-state index contributed by atoms with van der Waals surface area (Å²) in [6.07, 6.45) is 3.57. The molecule has 0 bridgehead atoms. The van der Waals surface area contributed by atoms with Crippen LogP contribution < -0.4 is 5.32 Å². The van der Waals surface area contributed by atoms with Gasteiger partial charge in [0.1, 0.15) is 0 Å². The third-order valence-electron chi connectivity index (χ3n) is 3.59. The van der Waals surface area contributed by atoms with E-state index in [1.807, 2.05) is 0 Å². The molecule has 1 aliphatic carbocycles. The van der Waals surface area contributed by atoms with Gasteiger partial charge in [-0.3, -0.25) is 0 Å². The molecule has 1 saturated carbocycles. The average Bonchev–Trinajstić information content (AvgIpc) is 2.92. The molecule has 98 valence electrons. The normalized spacial score (nSPS) is 25.0. The molecule has 3 heteroatoms. The van der Waals surface area contributed by atoms with E-state index in [-0.39, 0.29) is 23.7 Å². The molecule has 0 amide bonds. The molecule has 0 spiro atoms. The smallest absolute Gasteiger partial charge is 0.394 e. The van der Waals surface area contributed by atoms with Gasteiger partial charge in [-0.15, -0.1) is 0 Å².